The second kappa shape index (κ2) is 8.82. The molecule has 0 aromatic carbocycles. The molecule has 21 heavy (non-hydrogen) atoms. The van der Waals surface area contributed by atoms with E-state index in [1.165, 1.54) is 5.56 Å². The zero-order chi connectivity index (χ0) is 15.8. The second-order valence-corrected chi connectivity index (χ2v) is 5.33. The van der Waals surface area contributed by atoms with Crippen molar-refractivity contribution >= 4 is 5.97 Å². The molecule has 1 heterocycles. The Kier molecular flexibility index (Phi) is 7.43. The van der Waals surface area contributed by atoms with Crippen molar-refractivity contribution in [3.63, 3.8) is 0 Å². The molecule has 1 N–H and O–H groups in total. The first-order chi connectivity index (χ1) is 10.1. The van der Waals surface area contributed by atoms with Crippen LogP contribution in [-0.2, 0) is 16.1 Å². The maximum absolute atomic E-state index is 12.2. The highest BCUT2D eigenvalue weighted by Gasteiger charge is 2.25. The smallest absolute Gasteiger partial charge is 0.330 e. The fraction of sp³-hybridized carbons (Fsp3) is 0.750. The summed E-state index contributed by atoms with van der Waals surface area (Å²) in [7, 11) is 0. The molecule has 1 aromatic heterocycles. The lowest BCUT2D eigenvalue weighted by atomic mass is 10.1. The molecule has 0 aliphatic rings. The first-order valence-corrected chi connectivity index (χ1v) is 7.98. The van der Waals surface area contributed by atoms with E-state index >= 15 is 0 Å². The number of aryl methyl sites for hydroxylation is 1. The first-order valence-electron chi connectivity index (χ1n) is 7.98. The van der Waals surface area contributed by atoms with E-state index in [0.717, 1.165) is 43.7 Å². The third kappa shape index (κ3) is 4.56. The van der Waals surface area contributed by atoms with Crippen LogP contribution in [0.1, 0.15) is 63.0 Å². The topological polar surface area (TPSA) is 56.2 Å². The monoisotopic (exact) mass is 295 g/mol. The van der Waals surface area contributed by atoms with Gasteiger partial charge in [0.05, 0.1) is 12.3 Å². The minimum Gasteiger partial charge on any atom is -0.464 e. The summed E-state index contributed by atoms with van der Waals surface area (Å²) in [6.45, 7) is 12.3. The lowest BCUT2D eigenvalue weighted by Gasteiger charge is -2.17. The van der Waals surface area contributed by atoms with Gasteiger partial charge in [0.2, 0.25) is 0 Å². The van der Waals surface area contributed by atoms with Crippen molar-refractivity contribution < 1.29 is 9.53 Å². The van der Waals surface area contributed by atoms with E-state index < -0.39 is 0 Å². The number of carbonyl (C=O) groups is 1. The van der Waals surface area contributed by atoms with Crippen molar-refractivity contribution in [1.29, 1.82) is 0 Å². The maximum atomic E-state index is 12.2. The molecule has 1 rings (SSSR count). The van der Waals surface area contributed by atoms with E-state index in [0.29, 0.717) is 6.61 Å². The summed E-state index contributed by atoms with van der Waals surface area (Å²) in [6.07, 6.45) is 2.78. The molecule has 5 heteroatoms. The van der Waals surface area contributed by atoms with Gasteiger partial charge in [0, 0.05) is 17.8 Å². The number of carbonyl (C=O) groups excluding carboxylic acids is 1. The molecule has 120 valence electrons. The standard InChI is InChI=1S/C16H29N3O2/c1-6-9-15(16(20)21-8-3)19-13(5)14(12(4)18-19)11-17-10-7-2/h15,17H,6-11H2,1-5H3. The second-order valence-electron chi connectivity index (χ2n) is 5.33. The maximum Gasteiger partial charge on any atom is 0.330 e. The average molecular weight is 295 g/mol. The number of nitrogens with zero attached hydrogens (tertiary/aromatic N) is 2. The Morgan fingerprint density at radius 3 is 2.57 bits per heavy atom. The number of esters is 1. The Hall–Kier alpha value is -1.36. The van der Waals surface area contributed by atoms with E-state index in [4.69, 9.17) is 4.74 Å². The van der Waals surface area contributed by atoms with Crippen LogP contribution in [0.25, 0.3) is 0 Å². The van der Waals surface area contributed by atoms with Crippen molar-refractivity contribution in [2.75, 3.05) is 13.2 Å². The SMILES string of the molecule is CCCNCc1c(C)nn(C(CCC)C(=O)OCC)c1C. The summed E-state index contributed by atoms with van der Waals surface area (Å²) >= 11 is 0. The largest absolute Gasteiger partial charge is 0.464 e. The molecule has 0 bridgehead atoms. The molecule has 0 aliphatic carbocycles. The normalized spacial score (nSPS) is 12.4. The number of rotatable bonds is 9. The molecule has 5 nitrogen and oxygen atoms in total. The number of aromatic nitrogens is 2. The first kappa shape index (κ1) is 17.7. The van der Waals surface area contributed by atoms with E-state index in [-0.39, 0.29) is 12.0 Å². The minimum atomic E-state index is -0.312. The molecule has 0 fully saturated rings. The zero-order valence-corrected chi connectivity index (χ0v) is 14.0. The summed E-state index contributed by atoms with van der Waals surface area (Å²) < 4.78 is 7.05. The van der Waals surface area contributed by atoms with Gasteiger partial charge in [-0.15, -0.1) is 0 Å². The van der Waals surface area contributed by atoms with Crippen LogP contribution in [0.2, 0.25) is 0 Å². The Balaban J connectivity index is 2.98. The predicted molar refractivity (Wildman–Crippen MR) is 84.3 cm³/mol. The highest BCUT2D eigenvalue weighted by molar-refractivity contribution is 5.74. The van der Waals surface area contributed by atoms with Crippen molar-refractivity contribution in [3.8, 4) is 0 Å². The fourth-order valence-corrected chi connectivity index (χ4v) is 2.50. The van der Waals surface area contributed by atoms with E-state index in [9.17, 15) is 4.79 Å². The van der Waals surface area contributed by atoms with Gasteiger partial charge < -0.3 is 10.1 Å². The minimum absolute atomic E-state index is 0.182. The van der Waals surface area contributed by atoms with Gasteiger partial charge in [-0.3, -0.25) is 4.68 Å². The van der Waals surface area contributed by atoms with Crippen LogP contribution in [0.5, 0.6) is 0 Å². The molecule has 0 aliphatic heterocycles. The van der Waals surface area contributed by atoms with Crippen LogP contribution < -0.4 is 5.32 Å². The molecule has 0 amide bonds. The van der Waals surface area contributed by atoms with Crippen LogP contribution in [-0.4, -0.2) is 28.9 Å². The third-order valence-corrected chi connectivity index (χ3v) is 3.62. The Bertz CT molecular complexity index is 455. The Morgan fingerprint density at radius 2 is 2.00 bits per heavy atom. The number of nitrogens with one attached hydrogen (secondary N) is 1. The molecule has 1 unspecified atom stereocenters. The molecular formula is C16H29N3O2. The molecular weight excluding hydrogens is 266 g/mol. The highest BCUT2D eigenvalue weighted by atomic mass is 16.5. The summed E-state index contributed by atoms with van der Waals surface area (Å²) in [5.74, 6) is -0.182. The molecule has 1 atom stereocenters. The quantitative estimate of drug-likeness (QED) is 0.562. The molecule has 0 radical (unpaired) electrons. The van der Waals surface area contributed by atoms with E-state index in [1.54, 1.807) is 0 Å². The average Bonchev–Trinajstić information content (AvgIpc) is 2.73. The van der Waals surface area contributed by atoms with Crippen LogP contribution in [0.15, 0.2) is 0 Å². The predicted octanol–water partition coefficient (Wildman–Crippen LogP) is 2.90. The van der Waals surface area contributed by atoms with Gasteiger partial charge in [0.15, 0.2) is 0 Å². The fourth-order valence-electron chi connectivity index (χ4n) is 2.50. The van der Waals surface area contributed by atoms with E-state index in [1.807, 2.05) is 25.5 Å². The van der Waals surface area contributed by atoms with Crippen molar-refractivity contribution in [2.24, 2.45) is 0 Å². The number of hydrogen-bond acceptors (Lipinski definition) is 4. The number of hydrogen-bond donors (Lipinski definition) is 1. The summed E-state index contributed by atoms with van der Waals surface area (Å²) in [6, 6.07) is -0.312. The van der Waals surface area contributed by atoms with Crippen molar-refractivity contribution in [2.45, 2.75) is 66.5 Å². The highest BCUT2D eigenvalue weighted by Crippen LogP contribution is 2.22. The zero-order valence-electron chi connectivity index (χ0n) is 14.0. The lowest BCUT2D eigenvalue weighted by Crippen LogP contribution is -2.24. The number of ether oxygens (including phenoxy) is 1. The van der Waals surface area contributed by atoms with Crippen LogP contribution in [0, 0.1) is 13.8 Å². The van der Waals surface area contributed by atoms with Crippen molar-refractivity contribution in [3.05, 3.63) is 17.0 Å². The summed E-state index contributed by atoms with van der Waals surface area (Å²) in [4.78, 5) is 12.2. The van der Waals surface area contributed by atoms with Gasteiger partial charge in [-0.1, -0.05) is 20.3 Å². The summed E-state index contributed by atoms with van der Waals surface area (Å²) in [5.41, 5.74) is 3.23. The van der Waals surface area contributed by atoms with Gasteiger partial charge in [0.1, 0.15) is 6.04 Å². The lowest BCUT2D eigenvalue weighted by molar-refractivity contribution is -0.147. The van der Waals surface area contributed by atoms with Crippen LogP contribution in [0.3, 0.4) is 0 Å². The van der Waals surface area contributed by atoms with Gasteiger partial charge in [-0.2, -0.15) is 5.10 Å². The molecule has 0 spiro atoms. The van der Waals surface area contributed by atoms with Crippen LogP contribution >= 0.6 is 0 Å². The van der Waals surface area contributed by atoms with Gasteiger partial charge in [-0.25, -0.2) is 4.79 Å². The van der Waals surface area contributed by atoms with Crippen LogP contribution in [0.4, 0.5) is 0 Å². The molecule has 0 saturated carbocycles. The van der Waals surface area contributed by atoms with Gasteiger partial charge in [-0.05, 0) is 40.2 Å². The summed E-state index contributed by atoms with van der Waals surface area (Å²) in [5, 5.41) is 7.99. The third-order valence-electron chi connectivity index (χ3n) is 3.62. The van der Waals surface area contributed by atoms with Gasteiger partial charge in [0.25, 0.3) is 0 Å². The molecule has 0 saturated heterocycles. The Morgan fingerprint density at radius 1 is 1.29 bits per heavy atom. The van der Waals surface area contributed by atoms with Crippen molar-refractivity contribution in [1.82, 2.24) is 15.1 Å². The molecule has 1 aromatic rings. The van der Waals surface area contributed by atoms with Gasteiger partial charge >= 0.3 is 5.97 Å². The Labute approximate surface area is 128 Å². The van der Waals surface area contributed by atoms with E-state index in [2.05, 4.69) is 24.3 Å².